The molecule has 1 N–H and O–H groups in total. The standard InChI is InChI=1S/C19H17BrClN3O3/c1-2-24(18(25)11-27-14-5-3-4-12(20)8-14)10-17-22-16-9-13(21)6-7-15(16)19(26)23-17/h3-9H,2,10-11H2,1H3,(H,22,23,26). The van der Waals surface area contributed by atoms with Crippen LogP contribution in [0.5, 0.6) is 5.75 Å². The van der Waals surface area contributed by atoms with Crippen molar-refractivity contribution in [2.45, 2.75) is 13.5 Å². The van der Waals surface area contributed by atoms with Crippen LogP contribution in [0.2, 0.25) is 5.02 Å². The van der Waals surface area contributed by atoms with Crippen molar-refractivity contribution >= 4 is 44.3 Å². The van der Waals surface area contributed by atoms with Crippen molar-refractivity contribution in [3.05, 3.63) is 68.1 Å². The highest BCUT2D eigenvalue weighted by Crippen LogP contribution is 2.18. The van der Waals surface area contributed by atoms with Crippen molar-refractivity contribution in [1.29, 1.82) is 0 Å². The Morgan fingerprint density at radius 1 is 1.30 bits per heavy atom. The molecule has 2 aromatic carbocycles. The van der Waals surface area contributed by atoms with Gasteiger partial charge >= 0.3 is 0 Å². The summed E-state index contributed by atoms with van der Waals surface area (Å²) in [6, 6.07) is 12.2. The minimum absolute atomic E-state index is 0.103. The molecule has 0 saturated carbocycles. The van der Waals surface area contributed by atoms with Crippen molar-refractivity contribution < 1.29 is 9.53 Å². The van der Waals surface area contributed by atoms with Gasteiger partial charge in [0, 0.05) is 16.0 Å². The lowest BCUT2D eigenvalue weighted by molar-refractivity contribution is -0.133. The molecule has 1 heterocycles. The summed E-state index contributed by atoms with van der Waals surface area (Å²) in [4.78, 5) is 33.4. The summed E-state index contributed by atoms with van der Waals surface area (Å²) in [5, 5.41) is 0.952. The number of H-pyrrole nitrogens is 1. The van der Waals surface area contributed by atoms with Crippen LogP contribution in [0.1, 0.15) is 12.7 Å². The van der Waals surface area contributed by atoms with E-state index in [1.807, 2.05) is 19.1 Å². The Morgan fingerprint density at radius 2 is 2.11 bits per heavy atom. The fourth-order valence-electron chi connectivity index (χ4n) is 2.59. The maximum Gasteiger partial charge on any atom is 0.260 e. The number of aromatic amines is 1. The van der Waals surface area contributed by atoms with E-state index in [-0.39, 0.29) is 24.6 Å². The van der Waals surface area contributed by atoms with E-state index < -0.39 is 0 Å². The molecule has 1 amide bonds. The number of aromatic nitrogens is 2. The van der Waals surface area contributed by atoms with Crippen LogP contribution in [0, 0.1) is 0 Å². The van der Waals surface area contributed by atoms with Gasteiger partial charge in [-0.2, -0.15) is 0 Å². The molecule has 8 heteroatoms. The number of ether oxygens (including phenoxy) is 1. The number of hydrogen-bond acceptors (Lipinski definition) is 4. The van der Waals surface area contributed by atoms with Crippen molar-refractivity contribution in [3.8, 4) is 5.75 Å². The molecule has 140 valence electrons. The van der Waals surface area contributed by atoms with E-state index in [0.717, 1.165) is 4.47 Å². The fourth-order valence-corrected chi connectivity index (χ4v) is 3.13. The minimum atomic E-state index is -0.263. The van der Waals surface area contributed by atoms with Gasteiger partial charge in [-0.1, -0.05) is 33.6 Å². The highest BCUT2D eigenvalue weighted by molar-refractivity contribution is 9.10. The highest BCUT2D eigenvalue weighted by atomic mass is 79.9. The highest BCUT2D eigenvalue weighted by Gasteiger charge is 2.15. The smallest absolute Gasteiger partial charge is 0.260 e. The van der Waals surface area contributed by atoms with Gasteiger partial charge in [-0.3, -0.25) is 9.59 Å². The maximum absolute atomic E-state index is 12.5. The molecule has 0 fully saturated rings. The summed E-state index contributed by atoms with van der Waals surface area (Å²) < 4.78 is 6.42. The van der Waals surface area contributed by atoms with E-state index in [2.05, 4.69) is 25.9 Å². The third-order valence-corrected chi connectivity index (χ3v) is 4.68. The lowest BCUT2D eigenvalue weighted by atomic mass is 10.2. The van der Waals surface area contributed by atoms with Crippen molar-refractivity contribution in [1.82, 2.24) is 14.9 Å². The molecule has 27 heavy (non-hydrogen) atoms. The third kappa shape index (κ3) is 4.87. The number of benzene rings is 2. The van der Waals surface area contributed by atoms with Gasteiger partial charge in [-0.05, 0) is 43.3 Å². The van der Waals surface area contributed by atoms with Crippen LogP contribution >= 0.6 is 27.5 Å². The number of rotatable bonds is 6. The molecule has 0 atom stereocenters. The van der Waals surface area contributed by atoms with E-state index in [1.54, 1.807) is 35.2 Å². The van der Waals surface area contributed by atoms with Gasteiger partial charge < -0.3 is 14.6 Å². The summed E-state index contributed by atoms with van der Waals surface area (Å²) in [7, 11) is 0. The average Bonchev–Trinajstić information content (AvgIpc) is 2.64. The van der Waals surface area contributed by atoms with Gasteiger partial charge in [0.15, 0.2) is 6.61 Å². The van der Waals surface area contributed by atoms with Crippen molar-refractivity contribution in [2.24, 2.45) is 0 Å². The molecular weight excluding hydrogens is 434 g/mol. The zero-order chi connectivity index (χ0) is 19.4. The van der Waals surface area contributed by atoms with E-state index in [4.69, 9.17) is 16.3 Å². The molecule has 0 saturated heterocycles. The number of carbonyl (C=O) groups excluding carboxylic acids is 1. The number of nitrogens with zero attached hydrogens (tertiary/aromatic N) is 2. The van der Waals surface area contributed by atoms with Crippen LogP contribution < -0.4 is 10.3 Å². The molecule has 0 unspecified atom stereocenters. The second-order valence-corrected chi connectivity index (χ2v) is 7.18. The summed E-state index contributed by atoms with van der Waals surface area (Å²) >= 11 is 9.34. The fraction of sp³-hybridized carbons (Fsp3) is 0.211. The van der Waals surface area contributed by atoms with Gasteiger partial charge in [0.2, 0.25) is 0 Å². The number of nitrogens with one attached hydrogen (secondary N) is 1. The first-order chi connectivity index (χ1) is 13.0. The van der Waals surface area contributed by atoms with Crippen LogP contribution in [-0.2, 0) is 11.3 Å². The van der Waals surface area contributed by atoms with E-state index in [0.29, 0.717) is 34.0 Å². The maximum atomic E-state index is 12.5. The molecule has 0 radical (unpaired) electrons. The van der Waals surface area contributed by atoms with E-state index in [1.165, 1.54) is 0 Å². The molecule has 0 spiro atoms. The van der Waals surface area contributed by atoms with Crippen LogP contribution in [0.15, 0.2) is 51.7 Å². The monoisotopic (exact) mass is 449 g/mol. The van der Waals surface area contributed by atoms with Gasteiger partial charge in [0.05, 0.1) is 17.4 Å². The predicted octanol–water partition coefficient (Wildman–Crippen LogP) is 3.77. The Hall–Kier alpha value is -2.38. The van der Waals surface area contributed by atoms with E-state index in [9.17, 15) is 9.59 Å². The predicted molar refractivity (Wildman–Crippen MR) is 108 cm³/mol. The first-order valence-electron chi connectivity index (χ1n) is 8.31. The first kappa shape index (κ1) is 19.4. The Kier molecular flexibility index (Phi) is 6.13. The van der Waals surface area contributed by atoms with Crippen LogP contribution in [-0.4, -0.2) is 33.9 Å². The van der Waals surface area contributed by atoms with Crippen molar-refractivity contribution in [3.63, 3.8) is 0 Å². The largest absolute Gasteiger partial charge is 0.484 e. The Bertz CT molecular complexity index is 1040. The zero-order valence-electron chi connectivity index (χ0n) is 14.5. The Labute approximate surface area is 169 Å². The van der Waals surface area contributed by atoms with Gasteiger partial charge in [0.25, 0.3) is 11.5 Å². The SMILES string of the molecule is CCN(Cc1nc2cc(Cl)ccc2c(=O)[nH]1)C(=O)COc1cccc(Br)c1. The molecule has 1 aromatic heterocycles. The molecular formula is C19H17BrClN3O3. The lowest BCUT2D eigenvalue weighted by Crippen LogP contribution is -2.35. The summed E-state index contributed by atoms with van der Waals surface area (Å²) in [5.41, 5.74) is 0.232. The molecule has 0 aliphatic rings. The summed E-state index contributed by atoms with van der Waals surface area (Å²) in [5.74, 6) is 0.791. The second kappa shape index (κ2) is 8.54. The molecule has 0 aliphatic carbocycles. The number of amides is 1. The first-order valence-corrected chi connectivity index (χ1v) is 9.48. The topological polar surface area (TPSA) is 75.3 Å². The molecule has 3 rings (SSSR count). The zero-order valence-corrected chi connectivity index (χ0v) is 16.9. The lowest BCUT2D eigenvalue weighted by Gasteiger charge is -2.20. The van der Waals surface area contributed by atoms with Gasteiger partial charge in [0.1, 0.15) is 11.6 Å². The molecule has 0 bridgehead atoms. The third-order valence-electron chi connectivity index (χ3n) is 3.95. The van der Waals surface area contributed by atoms with Crippen LogP contribution in [0.3, 0.4) is 0 Å². The molecule has 6 nitrogen and oxygen atoms in total. The normalized spacial score (nSPS) is 10.8. The number of carbonyl (C=O) groups is 1. The van der Waals surface area contributed by atoms with Crippen LogP contribution in [0.25, 0.3) is 10.9 Å². The summed E-state index contributed by atoms with van der Waals surface area (Å²) in [6.45, 7) is 2.38. The number of halogens is 2. The molecule has 3 aromatic rings. The quantitative estimate of drug-likeness (QED) is 0.620. The Balaban J connectivity index is 1.73. The number of fused-ring (bicyclic) bond motifs is 1. The van der Waals surface area contributed by atoms with Gasteiger partial charge in [-0.25, -0.2) is 4.98 Å². The molecule has 0 aliphatic heterocycles. The Morgan fingerprint density at radius 3 is 2.85 bits per heavy atom. The average molecular weight is 451 g/mol. The second-order valence-electron chi connectivity index (χ2n) is 5.83. The minimum Gasteiger partial charge on any atom is -0.484 e. The number of hydrogen-bond donors (Lipinski definition) is 1. The van der Waals surface area contributed by atoms with Crippen molar-refractivity contribution in [2.75, 3.05) is 13.2 Å². The van der Waals surface area contributed by atoms with E-state index >= 15 is 0 Å². The van der Waals surface area contributed by atoms with Crippen LogP contribution in [0.4, 0.5) is 0 Å². The summed E-state index contributed by atoms with van der Waals surface area (Å²) in [6.07, 6.45) is 0. The van der Waals surface area contributed by atoms with Gasteiger partial charge in [-0.15, -0.1) is 0 Å². The number of likely N-dealkylation sites (N-methyl/N-ethyl adjacent to an activating group) is 1.